The molecule has 0 heterocycles. The maximum absolute atomic E-state index is 11.9. The predicted molar refractivity (Wildman–Crippen MR) is 116 cm³/mol. The minimum Gasteiger partial charge on any atom is -0.493 e. The standard InChI is InChI=1S/C24H30N2O3/c1-24(26,17-25)23(27)29-15-7-14-28-22-13-6-11-19-10-5-12-20(16-21(19)22)18-8-3-2-4-9-18/h2-4,6,8-9,11,13,16H,5,7,10,12,14-15,17,25-26H2,1H3. The first-order valence-electron chi connectivity index (χ1n) is 10.2. The van der Waals surface area contributed by atoms with Crippen LogP contribution in [0.1, 0.15) is 42.9 Å². The van der Waals surface area contributed by atoms with Crippen molar-refractivity contribution in [3.63, 3.8) is 0 Å². The smallest absolute Gasteiger partial charge is 0.327 e. The Balaban J connectivity index is 1.64. The van der Waals surface area contributed by atoms with Crippen molar-refractivity contribution in [3.05, 3.63) is 65.2 Å². The molecule has 3 rings (SSSR count). The molecule has 1 unspecified atom stereocenters. The number of rotatable bonds is 8. The maximum Gasteiger partial charge on any atom is 0.327 e. The van der Waals surface area contributed by atoms with E-state index in [0.29, 0.717) is 13.0 Å². The molecule has 0 spiro atoms. The lowest BCUT2D eigenvalue weighted by Crippen LogP contribution is -2.52. The average Bonchev–Trinajstić information content (AvgIpc) is 2.97. The highest BCUT2D eigenvalue weighted by Crippen LogP contribution is 2.34. The summed E-state index contributed by atoms with van der Waals surface area (Å²) in [5, 5.41) is 0. The van der Waals surface area contributed by atoms with Crippen molar-refractivity contribution in [1.29, 1.82) is 0 Å². The highest BCUT2D eigenvalue weighted by Gasteiger charge is 2.28. The molecule has 2 aromatic carbocycles. The minimum absolute atomic E-state index is 0.0502. The minimum atomic E-state index is -1.14. The number of fused-ring (bicyclic) bond motifs is 1. The van der Waals surface area contributed by atoms with Crippen molar-refractivity contribution in [2.75, 3.05) is 19.8 Å². The first kappa shape index (κ1) is 21.1. The van der Waals surface area contributed by atoms with E-state index < -0.39 is 11.5 Å². The zero-order chi connectivity index (χ0) is 20.7. The van der Waals surface area contributed by atoms with E-state index in [4.69, 9.17) is 20.9 Å². The molecular formula is C24H30N2O3. The number of ether oxygens (including phenoxy) is 2. The quantitative estimate of drug-likeness (QED) is 0.528. The molecule has 2 aromatic rings. The van der Waals surface area contributed by atoms with E-state index in [2.05, 4.69) is 36.4 Å². The molecule has 0 aliphatic heterocycles. The molecule has 0 saturated heterocycles. The van der Waals surface area contributed by atoms with Gasteiger partial charge in [-0.15, -0.1) is 0 Å². The van der Waals surface area contributed by atoms with Gasteiger partial charge in [-0.05, 0) is 55.0 Å². The third-order valence-electron chi connectivity index (χ3n) is 5.18. The molecule has 154 valence electrons. The summed E-state index contributed by atoms with van der Waals surface area (Å²) < 4.78 is 11.3. The molecule has 5 nitrogen and oxygen atoms in total. The Morgan fingerprint density at radius 2 is 1.86 bits per heavy atom. The molecule has 0 radical (unpaired) electrons. The Morgan fingerprint density at radius 3 is 2.62 bits per heavy atom. The lowest BCUT2D eigenvalue weighted by atomic mass is 10.0. The highest BCUT2D eigenvalue weighted by atomic mass is 16.5. The number of esters is 1. The second-order valence-electron chi connectivity index (χ2n) is 7.68. The molecule has 1 aliphatic rings. The molecule has 29 heavy (non-hydrogen) atoms. The molecule has 0 bridgehead atoms. The number of aryl methyl sites for hydroxylation is 1. The summed E-state index contributed by atoms with van der Waals surface area (Å²) >= 11 is 0. The van der Waals surface area contributed by atoms with Gasteiger partial charge in [0, 0.05) is 18.5 Å². The first-order valence-corrected chi connectivity index (χ1v) is 10.2. The number of nitrogens with two attached hydrogens (primary N) is 2. The van der Waals surface area contributed by atoms with E-state index in [1.807, 2.05) is 18.2 Å². The fourth-order valence-corrected chi connectivity index (χ4v) is 3.35. The summed E-state index contributed by atoms with van der Waals surface area (Å²) in [6.45, 7) is 2.34. The lowest BCUT2D eigenvalue weighted by molar-refractivity contribution is -0.149. The van der Waals surface area contributed by atoms with Crippen molar-refractivity contribution in [2.45, 2.75) is 38.1 Å². The van der Waals surface area contributed by atoms with Gasteiger partial charge in [0.15, 0.2) is 0 Å². The van der Waals surface area contributed by atoms with Gasteiger partial charge >= 0.3 is 5.97 Å². The zero-order valence-corrected chi connectivity index (χ0v) is 17.0. The summed E-state index contributed by atoms with van der Waals surface area (Å²) in [5.74, 6) is 0.388. The van der Waals surface area contributed by atoms with Gasteiger partial charge in [-0.3, -0.25) is 4.79 Å². The molecule has 0 amide bonds. The Kier molecular flexibility index (Phi) is 7.07. The summed E-state index contributed by atoms with van der Waals surface area (Å²) in [5.41, 5.74) is 15.2. The van der Waals surface area contributed by atoms with Gasteiger partial charge in [0.25, 0.3) is 0 Å². The van der Waals surface area contributed by atoms with Crippen LogP contribution in [0.15, 0.2) is 48.5 Å². The number of hydrogen-bond donors (Lipinski definition) is 2. The van der Waals surface area contributed by atoms with Gasteiger partial charge in [0.1, 0.15) is 11.3 Å². The SMILES string of the molecule is CC(N)(CN)C(=O)OCCCOc1cccc2c1C=C(c1ccccc1)CCC2. The van der Waals surface area contributed by atoms with Crippen molar-refractivity contribution in [3.8, 4) is 5.75 Å². The van der Waals surface area contributed by atoms with E-state index in [1.54, 1.807) is 6.92 Å². The fraction of sp³-hybridized carbons (Fsp3) is 0.375. The Bertz CT molecular complexity index is 860. The molecule has 1 atom stereocenters. The second-order valence-corrected chi connectivity index (χ2v) is 7.68. The Morgan fingerprint density at radius 1 is 1.07 bits per heavy atom. The Hall–Kier alpha value is -2.63. The van der Waals surface area contributed by atoms with Crippen LogP contribution in [-0.4, -0.2) is 31.3 Å². The lowest BCUT2D eigenvalue weighted by Gasteiger charge is -2.20. The van der Waals surface area contributed by atoms with Gasteiger partial charge in [0.2, 0.25) is 0 Å². The van der Waals surface area contributed by atoms with Gasteiger partial charge in [-0.25, -0.2) is 0 Å². The molecular weight excluding hydrogens is 364 g/mol. The summed E-state index contributed by atoms with van der Waals surface area (Å²) in [6.07, 6.45) is 6.05. The number of carbonyl (C=O) groups is 1. The van der Waals surface area contributed by atoms with Gasteiger partial charge in [-0.1, -0.05) is 42.5 Å². The van der Waals surface area contributed by atoms with Crippen molar-refractivity contribution >= 4 is 17.6 Å². The normalized spacial score (nSPS) is 15.5. The third-order valence-corrected chi connectivity index (χ3v) is 5.18. The third kappa shape index (κ3) is 5.46. The average molecular weight is 395 g/mol. The topological polar surface area (TPSA) is 87.6 Å². The largest absolute Gasteiger partial charge is 0.493 e. The summed E-state index contributed by atoms with van der Waals surface area (Å²) in [7, 11) is 0. The number of carbonyl (C=O) groups excluding carboxylic acids is 1. The van der Waals surface area contributed by atoms with Gasteiger partial charge in [0.05, 0.1) is 13.2 Å². The van der Waals surface area contributed by atoms with E-state index in [9.17, 15) is 4.79 Å². The summed E-state index contributed by atoms with van der Waals surface area (Å²) in [4.78, 5) is 11.9. The first-order chi connectivity index (χ1) is 14.0. The molecule has 4 N–H and O–H groups in total. The van der Waals surface area contributed by atoms with E-state index in [-0.39, 0.29) is 13.2 Å². The molecule has 5 heteroatoms. The van der Waals surface area contributed by atoms with Crippen LogP contribution in [0, 0.1) is 0 Å². The van der Waals surface area contributed by atoms with Crippen LogP contribution in [0.25, 0.3) is 11.6 Å². The fourth-order valence-electron chi connectivity index (χ4n) is 3.35. The van der Waals surface area contributed by atoms with E-state index in [1.165, 1.54) is 16.7 Å². The van der Waals surface area contributed by atoms with E-state index in [0.717, 1.165) is 30.6 Å². The van der Waals surface area contributed by atoms with Crippen molar-refractivity contribution < 1.29 is 14.3 Å². The monoisotopic (exact) mass is 394 g/mol. The predicted octanol–water partition coefficient (Wildman–Crippen LogP) is 3.55. The van der Waals surface area contributed by atoms with Crippen molar-refractivity contribution in [1.82, 2.24) is 0 Å². The van der Waals surface area contributed by atoms with Crippen LogP contribution in [-0.2, 0) is 16.0 Å². The van der Waals surface area contributed by atoms with E-state index >= 15 is 0 Å². The van der Waals surface area contributed by atoms with Crippen LogP contribution in [0.4, 0.5) is 0 Å². The highest BCUT2D eigenvalue weighted by molar-refractivity contribution is 5.84. The van der Waals surface area contributed by atoms with Crippen LogP contribution >= 0.6 is 0 Å². The van der Waals surface area contributed by atoms with Crippen LogP contribution < -0.4 is 16.2 Å². The van der Waals surface area contributed by atoms with Crippen LogP contribution in [0.5, 0.6) is 5.75 Å². The van der Waals surface area contributed by atoms with Gasteiger partial charge in [-0.2, -0.15) is 0 Å². The molecule has 0 saturated carbocycles. The molecule has 1 aliphatic carbocycles. The van der Waals surface area contributed by atoms with Crippen LogP contribution in [0.2, 0.25) is 0 Å². The van der Waals surface area contributed by atoms with Crippen LogP contribution in [0.3, 0.4) is 0 Å². The zero-order valence-electron chi connectivity index (χ0n) is 17.0. The Labute approximate surface area is 172 Å². The number of hydrogen-bond acceptors (Lipinski definition) is 5. The van der Waals surface area contributed by atoms with Gasteiger partial charge < -0.3 is 20.9 Å². The second kappa shape index (κ2) is 9.72. The van der Waals surface area contributed by atoms with Crippen molar-refractivity contribution in [2.24, 2.45) is 11.5 Å². The molecule has 0 aromatic heterocycles. The number of allylic oxidation sites excluding steroid dienone is 1. The summed E-state index contributed by atoms with van der Waals surface area (Å²) in [6, 6.07) is 16.7. The maximum atomic E-state index is 11.9. The molecule has 0 fully saturated rings. The number of benzene rings is 2.